The summed E-state index contributed by atoms with van der Waals surface area (Å²) in [7, 11) is 2.07. The van der Waals surface area contributed by atoms with Crippen molar-refractivity contribution >= 4 is 23.1 Å². The molecule has 1 aromatic rings. The first-order chi connectivity index (χ1) is 9.84. The number of amides is 1. The van der Waals surface area contributed by atoms with Crippen molar-refractivity contribution in [2.75, 3.05) is 20.1 Å². The maximum atomic E-state index is 12.6. The van der Waals surface area contributed by atoms with Gasteiger partial charge in [0.2, 0.25) is 0 Å². The monoisotopic (exact) mass is 305 g/mol. The summed E-state index contributed by atoms with van der Waals surface area (Å²) in [5, 5.41) is 3.10. The first-order valence-corrected chi connectivity index (χ1v) is 7.63. The van der Waals surface area contributed by atoms with E-state index in [2.05, 4.69) is 17.3 Å². The number of benzene rings is 1. The SMILES string of the molecule is Cc1ccc(C)c(C(=O)NC2(C(N)=S)CCN(C)CC2)c1. The third-order valence-electron chi connectivity index (χ3n) is 4.30. The number of aryl methyl sites for hydroxylation is 2. The number of carbonyl (C=O) groups excluding carboxylic acids is 1. The molecule has 5 heteroatoms. The van der Waals surface area contributed by atoms with E-state index >= 15 is 0 Å². The number of rotatable bonds is 3. The highest BCUT2D eigenvalue weighted by atomic mass is 32.1. The number of hydrogen-bond acceptors (Lipinski definition) is 3. The van der Waals surface area contributed by atoms with Crippen LogP contribution in [0.1, 0.15) is 34.3 Å². The van der Waals surface area contributed by atoms with E-state index in [0.29, 0.717) is 10.6 Å². The Labute approximate surface area is 131 Å². The summed E-state index contributed by atoms with van der Waals surface area (Å²) in [6.07, 6.45) is 1.52. The molecule has 21 heavy (non-hydrogen) atoms. The van der Waals surface area contributed by atoms with Crippen molar-refractivity contribution in [1.82, 2.24) is 10.2 Å². The molecule has 3 N–H and O–H groups in total. The second kappa shape index (κ2) is 6.12. The summed E-state index contributed by atoms with van der Waals surface area (Å²) in [5.74, 6) is -0.0893. The van der Waals surface area contributed by atoms with Crippen LogP contribution in [-0.4, -0.2) is 41.5 Å². The minimum atomic E-state index is -0.560. The molecular weight excluding hydrogens is 282 g/mol. The molecule has 1 aliphatic heterocycles. The van der Waals surface area contributed by atoms with E-state index in [1.807, 2.05) is 32.0 Å². The lowest BCUT2D eigenvalue weighted by atomic mass is 9.87. The molecule has 0 aliphatic carbocycles. The summed E-state index contributed by atoms with van der Waals surface area (Å²) in [5.41, 5.74) is 8.11. The Balaban J connectivity index is 2.23. The molecule has 1 saturated heterocycles. The fourth-order valence-electron chi connectivity index (χ4n) is 2.70. The molecule has 0 atom stereocenters. The smallest absolute Gasteiger partial charge is 0.252 e. The zero-order valence-electron chi connectivity index (χ0n) is 12.9. The van der Waals surface area contributed by atoms with Gasteiger partial charge in [-0.15, -0.1) is 0 Å². The fraction of sp³-hybridized carbons (Fsp3) is 0.500. The van der Waals surface area contributed by atoms with E-state index in [9.17, 15) is 4.79 Å². The minimum Gasteiger partial charge on any atom is -0.391 e. The zero-order chi connectivity index (χ0) is 15.6. The molecule has 114 valence electrons. The maximum absolute atomic E-state index is 12.6. The highest BCUT2D eigenvalue weighted by molar-refractivity contribution is 7.80. The number of nitrogens with zero attached hydrogens (tertiary/aromatic N) is 1. The zero-order valence-corrected chi connectivity index (χ0v) is 13.7. The number of hydrogen-bond donors (Lipinski definition) is 2. The Kier molecular flexibility index (Phi) is 4.64. The van der Waals surface area contributed by atoms with E-state index in [1.54, 1.807) is 0 Å². The van der Waals surface area contributed by atoms with Gasteiger partial charge in [-0.1, -0.05) is 29.9 Å². The largest absolute Gasteiger partial charge is 0.391 e. The van der Waals surface area contributed by atoms with E-state index < -0.39 is 5.54 Å². The Bertz CT molecular complexity index is 563. The molecule has 4 nitrogen and oxygen atoms in total. The van der Waals surface area contributed by atoms with E-state index in [-0.39, 0.29) is 5.91 Å². The van der Waals surface area contributed by atoms with Crippen LogP contribution in [0.2, 0.25) is 0 Å². The van der Waals surface area contributed by atoms with Gasteiger partial charge in [0.05, 0.1) is 10.5 Å². The standard InChI is InChI=1S/C16H23N3OS/c1-11-4-5-12(2)13(10-11)14(20)18-16(15(17)21)6-8-19(3)9-7-16/h4-5,10H,6-9H2,1-3H3,(H2,17,21)(H,18,20). The molecule has 0 bridgehead atoms. The first-order valence-electron chi connectivity index (χ1n) is 7.22. The number of nitrogens with one attached hydrogen (secondary N) is 1. The van der Waals surface area contributed by atoms with Crippen molar-refractivity contribution in [2.24, 2.45) is 5.73 Å². The lowest BCUT2D eigenvalue weighted by Crippen LogP contribution is -2.61. The molecule has 1 aromatic carbocycles. The van der Waals surface area contributed by atoms with Gasteiger partial charge < -0.3 is 16.0 Å². The number of thiocarbonyl (C=S) groups is 1. The third-order valence-corrected chi connectivity index (χ3v) is 4.69. The Morgan fingerprint density at radius 2 is 1.95 bits per heavy atom. The molecule has 1 amide bonds. The molecule has 0 radical (unpaired) electrons. The average molecular weight is 305 g/mol. The second-order valence-electron chi connectivity index (χ2n) is 6.02. The van der Waals surface area contributed by atoms with Crippen molar-refractivity contribution in [3.8, 4) is 0 Å². The van der Waals surface area contributed by atoms with Gasteiger partial charge in [-0.25, -0.2) is 0 Å². The van der Waals surface area contributed by atoms with Crippen molar-refractivity contribution in [1.29, 1.82) is 0 Å². The predicted molar refractivity (Wildman–Crippen MR) is 89.6 cm³/mol. The predicted octanol–water partition coefficient (Wildman–Crippen LogP) is 1.78. The van der Waals surface area contributed by atoms with Crippen LogP contribution in [0.15, 0.2) is 18.2 Å². The number of likely N-dealkylation sites (tertiary alicyclic amines) is 1. The van der Waals surface area contributed by atoms with Crippen molar-refractivity contribution < 1.29 is 4.79 Å². The molecule has 0 saturated carbocycles. The van der Waals surface area contributed by atoms with Crippen LogP contribution < -0.4 is 11.1 Å². The second-order valence-corrected chi connectivity index (χ2v) is 6.46. The number of nitrogens with two attached hydrogens (primary N) is 1. The lowest BCUT2D eigenvalue weighted by Gasteiger charge is -2.40. The number of carbonyl (C=O) groups is 1. The van der Waals surface area contributed by atoms with Crippen molar-refractivity contribution in [3.05, 3.63) is 34.9 Å². The highest BCUT2D eigenvalue weighted by Crippen LogP contribution is 2.23. The first kappa shape index (κ1) is 15.9. The number of piperidine rings is 1. The van der Waals surface area contributed by atoms with Crippen molar-refractivity contribution in [3.63, 3.8) is 0 Å². The summed E-state index contributed by atoms with van der Waals surface area (Å²) < 4.78 is 0. The van der Waals surface area contributed by atoms with Crippen LogP contribution >= 0.6 is 12.2 Å². The molecule has 1 heterocycles. The third kappa shape index (κ3) is 3.41. The maximum Gasteiger partial charge on any atom is 0.252 e. The molecule has 0 aromatic heterocycles. The van der Waals surface area contributed by atoms with Crippen LogP contribution in [0.25, 0.3) is 0 Å². The van der Waals surface area contributed by atoms with Crippen LogP contribution in [0, 0.1) is 13.8 Å². The molecule has 0 unspecified atom stereocenters. The van der Waals surface area contributed by atoms with Gasteiger partial charge in [0.25, 0.3) is 5.91 Å². The van der Waals surface area contributed by atoms with E-state index in [0.717, 1.165) is 37.1 Å². The van der Waals surface area contributed by atoms with Crippen LogP contribution in [0.4, 0.5) is 0 Å². The van der Waals surface area contributed by atoms with Gasteiger partial charge in [-0.3, -0.25) is 4.79 Å². The van der Waals surface area contributed by atoms with E-state index in [4.69, 9.17) is 18.0 Å². The summed E-state index contributed by atoms with van der Waals surface area (Å²) >= 11 is 5.24. The Hall–Kier alpha value is -1.46. The molecular formula is C16H23N3OS. The topological polar surface area (TPSA) is 58.4 Å². The average Bonchev–Trinajstić information content (AvgIpc) is 2.44. The van der Waals surface area contributed by atoms with Gasteiger partial charge in [0.15, 0.2) is 0 Å². The Morgan fingerprint density at radius 1 is 1.33 bits per heavy atom. The van der Waals surface area contributed by atoms with Gasteiger partial charge in [-0.05, 0) is 45.4 Å². The fourth-order valence-corrected chi connectivity index (χ4v) is 2.95. The Morgan fingerprint density at radius 3 is 2.52 bits per heavy atom. The van der Waals surface area contributed by atoms with Gasteiger partial charge >= 0.3 is 0 Å². The van der Waals surface area contributed by atoms with Crippen LogP contribution in [0.3, 0.4) is 0 Å². The van der Waals surface area contributed by atoms with E-state index in [1.165, 1.54) is 0 Å². The lowest BCUT2D eigenvalue weighted by molar-refractivity contribution is 0.0889. The molecule has 2 rings (SSSR count). The quantitative estimate of drug-likeness (QED) is 0.836. The normalized spacial score (nSPS) is 18.2. The molecule has 0 spiro atoms. The van der Waals surface area contributed by atoms with Gasteiger partial charge in [-0.2, -0.15) is 0 Å². The molecule has 1 fully saturated rings. The van der Waals surface area contributed by atoms with Crippen LogP contribution in [-0.2, 0) is 0 Å². The van der Waals surface area contributed by atoms with Crippen molar-refractivity contribution in [2.45, 2.75) is 32.2 Å². The van der Waals surface area contributed by atoms with Crippen LogP contribution in [0.5, 0.6) is 0 Å². The highest BCUT2D eigenvalue weighted by Gasteiger charge is 2.38. The van der Waals surface area contributed by atoms with Gasteiger partial charge in [0, 0.05) is 18.7 Å². The summed E-state index contributed by atoms with van der Waals surface area (Å²) in [6.45, 7) is 5.68. The molecule has 1 aliphatic rings. The minimum absolute atomic E-state index is 0.0893. The summed E-state index contributed by atoms with van der Waals surface area (Å²) in [4.78, 5) is 15.2. The van der Waals surface area contributed by atoms with Gasteiger partial charge in [0.1, 0.15) is 0 Å². The summed E-state index contributed by atoms with van der Waals surface area (Å²) in [6, 6.07) is 5.88.